The topological polar surface area (TPSA) is 66.4 Å². The summed E-state index contributed by atoms with van der Waals surface area (Å²) in [6.07, 6.45) is 4.80. The van der Waals surface area contributed by atoms with E-state index in [2.05, 4.69) is 5.32 Å². The summed E-state index contributed by atoms with van der Waals surface area (Å²) in [6.45, 7) is 2.93. The van der Waals surface area contributed by atoms with Crippen LogP contribution < -0.4 is 5.32 Å². The van der Waals surface area contributed by atoms with Gasteiger partial charge in [0.05, 0.1) is 6.42 Å². The van der Waals surface area contributed by atoms with Gasteiger partial charge in [0, 0.05) is 19.5 Å². The van der Waals surface area contributed by atoms with Gasteiger partial charge in [-0.15, -0.1) is 0 Å². The first kappa shape index (κ1) is 12.8. The Morgan fingerprint density at radius 2 is 2.07 bits per heavy atom. The van der Waals surface area contributed by atoms with Crippen molar-refractivity contribution in [3.8, 4) is 0 Å². The molecule has 0 aromatic rings. The second-order valence-corrected chi connectivity index (χ2v) is 2.97. The van der Waals surface area contributed by atoms with Crippen LogP contribution in [0.3, 0.4) is 0 Å². The van der Waals surface area contributed by atoms with Crippen molar-refractivity contribution in [1.82, 2.24) is 5.32 Å². The molecule has 0 saturated heterocycles. The van der Waals surface area contributed by atoms with Gasteiger partial charge in [-0.3, -0.25) is 9.59 Å². The van der Waals surface area contributed by atoms with Gasteiger partial charge < -0.3 is 10.4 Å². The summed E-state index contributed by atoms with van der Waals surface area (Å²) in [4.78, 5) is 21.1. The van der Waals surface area contributed by atoms with Gasteiger partial charge in [0.2, 0.25) is 0 Å². The van der Waals surface area contributed by atoms with Crippen LogP contribution in [0.2, 0.25) is 0 Å². The average molecular weight is 199 g/mol. The first-order valence-corrected chi connectivity index (χ1v) is 4.78. The van der Waals surface area contributed by atoms with E-state index >= 15 is 0 Å². The number of hydrogen-bond acceptors (Lipinski definition) is 3. The van der Waals surface area contributed by atoms with Gasteiger partial charge in [0.25, 0.3) is 0 Å². The maximum atomic E-state index is 11.0. The Balaban J connectivity index is 3.35. The Morgan fingerprint density at radius 1 is 1.36 bits per heavy atom. The molecule has 0 aliphatic rings. The van der Waals surface area contributed by atoms with E-state index in [4.69, 9.17) is 5.11 Å². The van der Waals surface area contributed by atoms with Crippen molar-refractivity contribution < 1.29 is 14.7 Å². The zero-order valence-electron chi connectivity index (χ0n) is 8.45. The third kappa shape index (κ3) is 8.93. The molecule has 0 amide bonds. The fraction of sp³-hybridized carbons (Fsp3) is 0.600. The van der Waals surface area contributed by atoms with Gasteiger partial charge in [-0.05, 0) is 12.5 Å². The molecule has 0 spiro atoms. The van der Waals surface area contributed by atoms with E-state index in [9.17, 15) is 9.59 Å². The Labute approximate surface area is 84.0 Å². The third-order valence-electron chi connectivity index (χ3n) is 1.58. The van der Waals surface area contributed by atoms with Crippen LogP contribution in [0.25, 0.3) is 0 Å². The third-order valence-corrected chi connectivity index (χ3v) is 1.58. The zero-order valence-corrected chi connectivity index (χ0v) is 8.45. The first-order valence-electron chi connectivity index (χ1n) is 4.78. The zero-order chi connectivity index (χ0) is 10.8. The number of carbonyl (C=O) groups excluding carboxylic acids is 1. The van der Waals surface area contributed by atoms with E-state index in [-0.39, 0.29) is 12.2 Å². The summed E-state index contributed by atoms with van der Waals surface area (Å²) in [5.74, 6) is -0.698. The lowest BCUT2D eigenvalue weighted by Gasteiger charge is -1.96. The lowest BCUT2D eigenvalue weighted by molar-refractivity contribution is -0.136. The summed E-state index contributed by atoms with van der Waals surface area (Å²) >= 11 is 0. The molecular weight excluding hydrogens is 182 g/mol. The minimum absolute atomic E-state index is 0.108. The van der Waals surface area contributed by atoms with E-state index < -0.39 is 5.97 Å². The SMILES string of the molecule is CCCC(=O)/C=C/CNCCC(=O)O. The van der Waals surface area contributed by atoms with Gasteiger partial charge in [-0.25, -0.2) is 0 Å². The molecule has 0 radical (unpaired) electrons. The summed E-state index contributed by atoms with van der Waals surface area (Å²) in [5, 5.41) is 11.2. The molecule has 4 nitrogen and oxygen atoms in total. The fourth-order valence-corrected chi connectivity index (χ4v) is 0.901. The summed E-state index contributed by atoms with van der Waals surface area (Å²) in [5.41, 5.74) is 0. The lowest BCUT2D eigenvalue weighted by atomic mass is 10.2. The number of allylic oxidation sites excluding steroid dienone is 1. The van der Waals surface area contributed by atoms with E-state index in [1.54, 1.807) is 6.08 Å². The van der Waals surface area contributed by atoms with Crippen LogP contribution in [0, 0.1) is 0 Å². The molecule has 0 aliphatic carbocycles. The van der Waals surface area contributed by atoms with Crippen molar-refractivity contribution in [3.05, 3.63) is 12.2 Å². The number of carbonyl (C=O) groups is 2. The van der Waals surface area contributed by atoms with Crippen LogP contribution >= 0.6 is 0 Å². The predicted molar refractivity (Wildman–Crippen MR) is 54.2 cm³/mol. The monoisotopic (exact) mass is 199 g/mol. The molecule has 0 rings (SSSR count). The van der Waals surface area contributed by atoms with Gasteiger partial charge >= 0.3 is 5.97 Å². The molecule has 0 unspecified atom stereocenters. The van der Waals surface area contributed by atoms with Crippen LogP contribution in [0.15, 0.2) is 12.2 Å². The van der Waals surface area contributed by atoms with E-state index in [0.29, 0.717) is 19.5 Å². The van der Waals surface area contributed by atoms with Crippen LogP contribution in [-0.2, 0) is 9.59 Å². The molecule has 80 valence electrons. The smallest absolute Gasteiger partial charge is 0.304 e. The highest BCUT2D eigenvalue weighted by molar-refractivity contribution is 5.89. The van der Waals surface area contributed by atoms with E-state index in [1.807, 2.05) is 6.92 Å². The summed E-state index contributed by atoms with van der Waals surface area (Å²) in [6, 6.07) is 0. The maximum absolute atomic E-state index is 11.0. The van der Waals surface area contributed by atoms with Gasteiger partial charge in [0.1, 0.15) is 0 Å². The Hall–Kier alpha value is -1.16. The standard InChI is InChI=1S/C10H17NO3/c1-2-4-9(12)5-3-7-11-8-6-10(13)14/h3,5,11H,2,4,6-8H2,1H3,(H,13,14)/b5-3+. The average Bonchev–Trinajstić information content (AvgIpc) is 2.11. The number of aliphatic carboxylic acids is 1. The van der Waals surface area contributed by atoms with Gasteiger partial charge in [-0.2, -0.15) is 0 Å². The van der Waals surface area contributed by atoms with E-state index in [0.717, 1.165) is 6.42 Å². The maximum Gasteiger partial charge on any atom is 0.304 e. The summed E-state index contributed by atoms with van der Waals surface area (Å²) < 4.78 is 0. The first-order chi connectivity index (χ1) is 6.66. The number of rotatable bonds is 8. The molecule has 14 heavy (non-hydrogen) atoms. The highest BCUT2D eigenvalue weighted by Gasteiger charge is 1.94. The molecule has 0 saturated carbocycles. The number of nitrogens with one attached hydrogen (secondary N) is 1. The van der Waals surface area contributed by atoms with Gasteiger partial charge in [-0.1, -0.05) is 13.0 Å². The van der Waals surface area contributed by atoms with E-state index in [1.165, 1.54) is 6.08 Å². The normalized spacial score (nSPS) is 10.6. The molecule has 0 aliphatic heterocycles. The second kappa shape index (κ2) is 8.44. The number of carboxylic acids is 1. The van der Waals surface area contributed by atoms with Crippen molar-refractivity contribution in [1.29, 1.82) is 0 Å². The predicted octanol–water partition coefficient (Wildman–Crippen LogP) is 0.976. The largest absolute Gasteiger partial charge is 0.481 e. The molecule has 4 heteroatoms. The lowest BCUT2D eigenvalue weighted by Crippen LogP contribution is -2.18. The fourth-order valence-electron chi connectivity index (χ4n) is 0.901. The van der Waals surface area contributed by atoms with Crippen molar-refractivity contribution in [2.75, 3.05) is 13.1 Å². The summed E-state index contributed by atoms with van der Waals surface area (Å²) in [7, 11) is 0. The van der Waals surface area contributed by atoms with Crippen LogP contribution in [-0.4, -0.2) is 29.9 Å². The molecular formula is C10H17NO3. The highest BCUT2D eigenvalue weighted by atomic mass is 16.4. The second-order valence-electron chi connectivity index (χ2n) is 2.97. The highest BCUT2D eigenvalue weighted by Crippen LogP contribution is 1.89. The van der Waals surface area contributed by atoms with Crippen LogP contribution in [0.4, 0.5) is 0 Å². The number of hydrogen-bond donors (Lipinski definition) is 2. The number of ketones is 1. The molecule has 2 N–H and O–H groups in total. The van der Waals surface area contributed by atoms with Gasteiger partial charge in [0.15, 0.2) is 5.78 Å². The molecule has 0 bridgehead atoms. The van der Waals surface area contributed by atoms with Crippen molar-refractivity contribution >= 4 is 11.8 Å². The Bertz CT molecular complexity index is 211. The van der Waals surface area contributed by atoms with Crippen LogP contribution in [0.1, 0.15) is 26.2 Å². The molecule has 0 fully saturated rings. The van der Waals surface area contributed by atoms with Crippen molar-refractivity contribution in [2.24, 2.45) is 0 Å². The minimum Gasteiger partial charge on any atom is -0.481 e. The molecule has 0 aromatic carbocycles. The Kier molecular flexibility index (Phi) is 7.74. The quantitative estimate of drug-likeness (QED) is 0.451. The number of carboxylic acid groups (broad SMARTS) is 1. The molecule has 0 heterocycles. The molecule has 0 atom stereocenters. The van der Waals surface area contributed by atoms with Crippen molar-refractivity contribution in [2.45, 2.75) is 26.2 Å². The minimum atomic E-state index is -0.816. The molecule has 0 aromatic heterocycles. The van der Waals surface area contributed by atoms with Crippen molar-refractivity contribution in [3.63, 3.8) is 0 Å². The Morgan fingerprint density at radius 3 is 2.64 bits per heavy atom. The van der Waals surface area contributed by atoms with Crippen LogP contribution in [0.5, 0.6) is 0 Å².